The van der Waals surface area contributed by atoms with Gasteiger partial charge >= 0.3 is 6.18 Å². The summed E-state index contributed by atoms with van der Waals surface area (Å²) >= 11 is 0. The van der Waals surface area contributed by atoms with E-state index in [1.165, 1.54) is 18.2 Å². The maximum absolute atomic E-state index is 13.3. The van der Waals surface area contributed by atoms with Gasteiger partial charge in [0.25, 0.3) is 0 Å². The van der Waals surface area contributed by atoms with Gasteiger partial charge in [-0.25, -0.2) is 4.39 Å². The molecule has 7 heteroatoms. The van der Waals surface area contributed by atoms with E-state index in [2.05, 4.69) is 5.32 Å². The van der Waals surface area contributed by atoms with Crippen molar-refractivity contribution in [1.29, 1.82) is 0 Å². The van der Waals surface area contributed by atoms with Crippen molar-refractivity contribution < 1.29 is 27.4 Å². The van der Waals surface area contributed by atoms with E-state index >= 15 is 0 Å². The molecular weight excluding hydrogens is 326 g/mol. The highest BCUT2D eigenvalue weighted by atomic mass is 19.4. The van der Waals surface area contributed by atoms with Crippen LogP contribution in [0.4, 0.5) is 17.6 Å². The van der Waals surface area contributed by atoms with Crippen molar-refractivity contribution in [3.8, 4) is 5.75 Å². The van der Waals surface area contributed by atoms with Gasteiger partial charge in [0.15, 0.2) is 6.61 Å². The Morgan fingerprint density at radius 1 is 1.00 bits per heavy atom. The minimum absolute atomic E-state index is 0.149. The Morgan fingerprint density at radius 3 is 2.38 bits per heavy atom. The number of ether oxygens (including phenoxy) is 1. The van der Waals surface area contributed by atoms with E-state index < -0.39 is 18.6 Å². The Kier molecular flexibility index (Phi) is 6.16. The lowest BCUT2D eigenvalue weighted by molar-refractivity contribution is -0.153. The number of halogens is 4. The molecule has 130 valence electrons. The molecule has 0 atom stereocenters. The molecule has 0 aliphatic rings. The van der Waals surface area contributed by atoms with Gasteiger partial charge < -0.3 is 15.2 Å². The van der Waals surface area contributed by atoms with Crippen LogP contribution >= 0.6 is 0 Å². The highest BCUT2D eigenvalue weighted by Crippen LogP contribution is 2.19. The summed E-state index contributed by atoms with van der Waals surface area (Å²) in [7, 11) is 0. The summed E-state index contributed by atoms with van der Waals surface area (Å²) in [5.74, 6) is -0.313. The van der Waals surface area contributed by atoms with Crippen molar-refractivity contribution >= 4 is 0 Å². The number of benzene rings is 2. The predicted octanol–water partition coefficient (Wildman–Crippen LogP) is 3.55. The minimum atomic E-state index is -4.37. The van der Waals surface area contributed by atoms with Crippen LogP contribution in [0.2, 0.25) is 0 Å². The Labute approximate surface area is 136 Å². The quantitative estimate of drug-likeness (QED) is 0.756. The topological polar surface area (TPSA) is 41.5 Å². The second kappa shape index (κ2) is 8.12. The molecule has 0 heterocycles. The van der Waals surface area contributed by atoms with Crippen LogP contribution in [-0.2, 0) is 19.7 Å². The number of alkyl halides is 3. The van der Waals surface area contributed by atoms with Gasteiger partial charge in [0.2, 0.25) is 0 Å². The highest BCUT2D eigenvalue weighted by Gasteiger charge is 2.28. The molecule has 0 saturated carbocycles. The lowest BCUT2D eigenvalue weighted by Gasteiger charge is -2.11. The van der Waals surface area contributed by atoms with Gasteiger partial charge in [-0.05, 0) is 35.4 Å². The summed E-state index contributed by atoms with van der Waals surface area (Å²) in [5.41, 5.74) is 1.78. The van der Waals surface area contributed by atoms with E-state index in [9.17, 15) is 17.6 Å². The molecule has 0 unspecified atom stereocenters. The monoisotopic (exact) mass is 343 g/mol. The molecule has 0 aromatic heterocycles. The van der Waals surface area contributed by atoms with Crippen LogP contribution in [0.3, 0.4) is 0 Å². The molecule has 0 amide bonds. The zero-order valence-corrected chi connectivity index (χ0v) is 12.7. The molecule has 0 bridgehead atoms. The van der Waals surface area contributed by atoms with Crippen molar-refractivity contribution in [3.63, 3.8) is 0 Å². The molecule has 2 aromatic carbocycles. The molecule has 24 heavy (non-hydrogen) atoms. The number of hydrogen-bond donors (Lipinski definition) is 2. The zero-order valence-electron chi connectivity index (χ0n) is 12.7. The number of hydrogen-bond acceptors (Lipinski definition) is 3. The average Bonchev–Trinajstić information content (AvgIpc) is 2.54. The Balaban J connectivity index is 1.88. The third kappa shape index (κ3) is 5.82. The highest BCUT2D eigenvalue weighted by molar-refractivity contribution is 5.29. The van der Waals surface area contributed by atoms with Gasteiger partial charge in [0.05, 0.1) is 6.61 Å². The fourth-order valence-electron chi connectivity index (χ4n) is 2.12. The summed E-state index contributed by atoms with van der Waals surface area (Å²) in [5, 5.41) is 12.1. The summed E-state index contributed by atoms with van der Waals surface area (Å²) in [6, 6.07) is 10.8. The summed E-state index contributed by atoms with van der Waals surface area (Å²) in [6.45, 7) is -0.863. The van der Waals surface area contributed by atoms with Gasteiger partial charge in [-0.15, -0.1) is 0 Å². The second-order valence-electron chi connectivity index (χ2n) is 5.24. The van der Waals surface area contributed by atoms with Gasteiger partial charge in [-0.1, -0.05) is 18.2 Å². The van der Waals surface area contributed by atoms with Crippen LogP contribution in [0.25, 0.3) is 0 Å². The maximum Gasteiger partial charge on any atom is 0.422 e. The molecular formula is C17H17F4NO2. The Hall–Kier alpha value is -2.12. The first-order valence-corrected chi connectivity index (χ1v) is 7.25. The fourth-order valence-corrected chi connectivity index (χ4v) is 2.12. The number of aliphatic hydroxyl groups excluding tert-OH is 1. The summed E-state index contributed by atoms with van der Waals surface area (Å²) < 4.78 is 54.4. The molecule has 2 aromatic rings. The largest absolute Gasteiger partial charge is 0.484 e. The van der Waals surface area contributed by atoms with Crippen LogP contribution in [0, 0.1) is 5.82 Å². The molecule has 0 aliphatic heterocycles. The van der Waals surface area contributed by atoms with E-state index in [1.807, 2.05) is 0 Å². The van der Waals surface area contributed by atoms with E-state index in [4.69, 9.17) is 9.84 Å². The number of aliphatic hydroxyl groups is 1. The first kappa shape index (κ1) is 18.2. The first-order chi connectivity index (χ1) is 11.4. The van der Waals surface area contributed by atoms with Crippen LogP contribution in [0.5, 0.6) is 5.75 Å². The smallest absolute Gasteiger partial charge is 0.422 e. The minimum Gasteiger partial charge on any atom is -0.484 e. The maximum atomic E-state index is 13.3. The van der Waals surface area contributed by atoms with Crippen molar-refractivity contribution in [2.45, 2.75) is 25.9 Å². The van der Waals surface area contributed by atoms with Gasteiger partial charge in [-0.3, -0.25) is 0 Å². The van der Waals surface area contributed by atoms with Crippen LogP contribution in [0.15, 0.2) is 42.5 Å². The lowest BCUT2D eigenvalue weighted by atomic mass is 10.1. The van der Waals surface area contributed by atoms with E-state index in [0.29, 0.717) is 13.1 Å². The normalized spacial score (nSPS) is 11.5. The van der Waals surface area contributed by atoms with Gasteiger partial charge in [0, 0.05) is 18.7 Å². The molecule has 0 fully saturated rings. The van der Waals surface area contributed by atoms with Crippen molar-refractivity contribution in [2.75, 3.05) is 6.61 Å². The molecule has 3 nitrogen and oxygen atoms in total. The summed E-state index contributed by atoms with van der Waals surface area (Å²) in [6.07, 6.45) is -4.37. The number of rotatable bonds is 7. The third-order valence-electron chi connectivity index (χ3n) is 3.24. The molecule has 2 N–H and O–H groups in total. The lowest BCUT2D eigenvalue weighted by Crippen LogP contribution is -2.19. The van der Waals surface area contributed by atoms with Crippen LogP contribution < -0.4 is 10.1 Å². The van der Waals surface area contributed by atoms with E-state index in [-0.39, 0.29) is 17.9 Å². The van der Waals surface area contributed by atoms with Crippen molar-refractivity contribution in [2.24, 2.45) is 0 Å². The second-order valence-corrected chi connectivity index (χ2v) is 5.24. The first-order valence-electron chi connectivity index (χ1n) is 7.25. The van der Waals surface area contributed by atoms with Crippen LogP contribution in [-0.4, -0.2) is 17.9 Å². The Morgan fingerprint density at radius 2 is 1.71 bits per heavy atom. The molecule has 0 saturated heterocycles. The molecule has 0 aliphatic carbocycles. The van der Waals surface area contributed by atoms with E-state index in [0.717, 1.165) is 11.1 Å². The van der Waals surface area contributed by atoms with Gasteiger partial charge in [-0.2, -0.15) is 13.2 Å². The van der Waals surface area contributed by atoms with Crippen molar-refractivity contribution in [1.82, 2.24) is 5.32 Å². The van der Waals surface area contributed by atoms with Crippen LogP contribution in [0.1, 0.15) is 16.7 Å². The Bertz CT molecular complexity index is 674. The zero-order chi connectivity index (χ0) is 17.6. The fraction of sp³-hybridized carbons (Fsp3) is 0.294. The molecule has 0 spiro atoms. The van der Waals surface area contributed by atoms with Crippen molar-refractivity contribution in [3.05, 3.63) is 65.0 Å². The molecule has 0 radical (unpaired) electrons. The summed E-state index contributed by atoms with van der Waals surface area (Å²) in [4.78, 5) is 0. The number of nitrogens with one attached hydrogen (secondary N) is 1. The standard InChI is InChI=1S/C17H17F4NO2/c18-16-5-4-13(6-14(16)10-23)9-22-8-12-2-1-3-15(7-12)24-11-17(19,20)21/h1-7,22-23H,8-11H2. The molecule has 2 rings (SSSR count). The predicted molar refractivity (Wildman–Crippen MR) is 80.9 cm³/mol. The van der Waals surface area contributed by atoms with E-state index in [1.54, 1.807) is 24.3 Å². The SMILES string of the molecule is OCc1cc(CNCc2cccc(OCC(F)(F)F)c2)ccc1F. The average molecular weight is 343 g/mol. The van der Waals surface area contributed by atoms with Gasteiger partial charge in [0.1, 0.15) is 11.6 Å². The third-order valence-corrected chi connectivity index (χ3v) is 3.24.